The van der Waals surface area contributed by atoms with Crippen molar-refractivity contribution < 1.29 is 13.9 Å². The molecule has 8 heteroatoms. The van der Waals surface area contributed by atoms with Gasteiger partial charge < -0.3 is 9.15 Å². The minimum Gasteiger partial charge on any atom is -0.465 e. The topological polar surface area (TPSA) is 78.1 Å². The van der Waals surface area contributed by atoms with Crippen LogP contribution in [0.2, 0.25) is 0 Å². The van der Waals surface area contributed by atoms with Gasteiger partial charge in [-0.2, -0.15) is 0 Å². The molecule has 0 spiro atoms. The van der Waals surface area contributed by atoms with Crippen molar-refractivity contribution >= 4 is 29.1 Å². The molecule has 2 heterocycles. The van der Waals surface area contributed by atoms with Crippen LogP contribution in [0.3, 0.4) is 0 Å². The molecule has 6 nitrogen and oxygen atoms in total. The molecular formula is C14H19N3O3S2. The summed E-state index contributed by atoms with van der Waals surface area (Å²) < 4.78 is 10.7. The van der Waals surface area contributed by atoms with Crippen LogP contribution in [-0.4, -0.2) is 33.0 Å². The molecule has 1 unspecified atom stereocenters. The zero-order valence-electron chi connectivity index (χ0n) is 12.9. The van der Waals surface area contributed by atoms with Gasteiger partial charge in [-0.3, -0.25) is 4.79 Å². The highest BCUT2D eigenvalue weighted by Crippen LogP contribution is 2.23. The lowest BCUT2D eigenvalue weighted by atomic mass is 10.3. The SMILES string of the molecule is CCCCOC(=O)C(C)Sc1nnc(Cc2csc(C)n2)o1. The predicted molar refractivity (Wildman–Crippen MR) is 85.1 cm³/mol. The molecule has 0 aliphatic rings. The van der Waals surface area contributed by atoms with Crippen LogP contribution in [0.5, 0.6) is 0 Å². The number of unbranched alkanes of at least 4 members (excludes halogenated alkanes) is 1. The second-order valence-corrected chi connectivity index (χ2v) is 7.13. The fraction of sp³-hybridized carbons (Fsp3) is 0.571. The summed E-state index contributed by atoms with van der Waals surface area (Å²) in [6.45, 7) is 6.23. The molecule has 0 saturated heterocycles. The minimum atomic E-state index is -0.369. The van der Waals surface area contributed by atoms with Gasteiger partial charge in [-0.05, 0) is 20.3 Å². The Labute approximate surface area is 137 Å². The van der Waals surface area contributed by atoms with Crippen molar-refractivity contribution in [2.45, 2.75) is 50.5 Å². The maximum Gasteiger partial charge on any atom is 0.319 e. The summed E-state index contributed by atoms with van der Waals surface area (Å²) in [4.78, 5) is 16.1. The molecule has 0 fully saturated rings. The molecule has 0 aromatic carbocycles. The van der Waals surface area contributed by atoms with E-state index in [0.717, 1.165) is 23.5 Å². The van der Waals surface area contributed by atoms with Crippen molar-refractivity contribution in [2.75, 3.05) is 6.61 Å². The highest BCUT2D eigenvalue weighted by Gasteiger charge is 2.19. The molecule has 0 aliphatic heterocycles. The van der Waals surface area contributed by atoms with Gasteiger partial charge in [-0.15, -0.1) is 21.5 Å². The number of carbonyl (C=O) groups excluding carboxylic acids is 1. The number of nitrogens with zero attached hydrogens (tertiary/aromatic N) is 3. The van der Waals surface area contributed by atoms with E-state index < -0.39 is 0 Å². The number of carbonyl (C=O) groups is 1. The molecule has 2 aromatic rings. The van der Waals surface area contributed by atoms with Gasteiger partial charge in [0.25, 0.3) is 5.22 Å². The summed E-state index contributed by atoms with van der Waals surface area (Å²) in [5, 5.41) is 10.9. The van der Waals surface area contributed by atoms with Crippen LogP contribution >= 0.6 is 23.1 Å². The van der Waals surface area contributed by atoms with Crippen molar-refractivity contribution in [2.24, 2.45) is 0 Å². The second kappa shape index (κ2) is 8.28. The fourth-order valence-corrected chi connectivity index (χ4v) is 2.95. The first-order valence-electron chi connectivity index (χ1n) is 7.15. The molecule has 2 rings (SSSR count). The van der Waals surface area contributed by atoms with Crippen LogP contribution in [0.1, 0.15) is 43.3 Å². The van der Waals surface area contributed by atoms with Gasteiger partial charge in [0.2, 0.25) is 5.89 Å². The van der Waals surface area contributed by atoms with Crippen LogP contribution in [0, 0.1) is 6.92 Å². The molecule has 0 amide bonds. The van der Waals surface area contributed by atoms with E-state index in [2.05, 4.69) is 22.1 Å². The molecule has 22 heavy (non-hydrogen) atoms. The average Bonchev–Trinajstić information content (AvgIpc) is 3.08. The predicted octanol–water partition coefficient (Wildman–Crippen LogP) is 3.25. The number of thiazole rings is 1. The maximum atomic E-state index is 11.8. The number of hydrogen-bond donors (Lipinski definition) is 0. The van der Waals surface area contributed by atoms with Crippen molar-refractivity contribution in [3.63, 3.8) is 0 Å². The van der Waals surface area contributed by atoms with Crippen LogP contribution in [0.25, 0.3) is 0 Å². The Morgan fingerprint density at radius 3 is 3.00 bits per heavy atom. The summed E-state index contributed by atoms with van der Waals surface area (Å²) in [5.41, 5.74) is 0.912. The van der Waals surface area contributed by atoms with Gasteiger partial charge >= 0.3 is 5.97 Å². The van der Waals surface area contributed by atoms with Gasteiger partial charge in [0, 0.05) is 5.38 Å². The number of esters is 1. The summed E-state index contributed by atoms with van der Waals surface area (Å²) in [5.74, 6) is 0.243. The molecule has 0 N–H and O–H groups in total. The zero-order valence-corrected chi connectivity index (χ0v) is 14.5. The van der Waals surface area contributed by atoms with Gasteiger partial charge in [-0.1, -0.05) is 25.1 Å². The molecule has 0 bridgehead atoms. The summed E-state index contributed by atoms with van der Waals surface area (Å²) in [6.07, 6.45) is 2.38. The van der Waals surface area contributed by atoms with E-state index in [9.17, 15) is 4.79 Å². The number of hydrogen-bond acceptors (Lipinski definition) is 8. The number of rotatable bonds is 8. The molecule has 2 aromatic heterocycles. The van der Waals surface area contributed by atoms with Crippen molar-refractivity contribution in [3.8, 4) is 0 Å². The van der Waals surface area contributed by atoms with E-state index in [-0.39, 0.29) is 11.2 Å². The zero-order chi connectivity index (χ0) is 15.9. The lowest BCUT2D eigenvalue weighted by Crippen LogP contribution is -2.17. The first-order chi connectivity index (χ1) is 10.6. The Morgan fingerprint density at radius 2 is 2.32 bits per heavy atom. The van der Waals surface area contributed by atoms with Gasteiger partial charge in [0.05, 0.1) is 23.7 Å². The molecule has 0 aliphatic carbocycles. The average molecular weight is 341 g/mol. The fourth-order valence-electron chi connectivity index (χ4n) is 1.64. The Kier molecular flexibility index (Phi) is 6.38. The normalized spacial score (nSPS) is 12.3. The van der Waals surface area contributed by atoms with E-state index in [1.54, 1.807) is 18.3 Å². The van der Waals surface area contributed by atoms with E-state index >= 15 is 0 Å². The third-order valence-electron chi connectivity index (χ3n) is 2.80. The molecule has 0 radical (unpaired) electrons. The third kappa shape index (κ3) is 5.10. The van der Waals surface area contributed by atoms with Gasteiger partial charge in [-0.25, -0.2) is 4.98 Å². The van der Waals surface area contributed by atoms with E-state index in [1.165, 1.54) is 11.8 Å². The smallest absolute Gasteiger partial charge is 0.319 e. The highest BCUT2D eigenvalue weighted by molar-refractivity contribution is 8.00. The first kappa shape index (κ1) is 17.0. The Bertz CT molecular complexity index is 612. The minimum absolute atomic E-state index is 0.256. The van der Waals surface area contributed by atoms with Crippen LogP contribution in [0.4, 0.5) is 0 Å². The van der Waals surface area contributed by atoms with Gasteiger partial charge in [0.15, 0.2) is 0 Å². The quantitative estimate of drug-likeness (QED) is 0.414. The highest BCUT2D eigenvalue weighted by atomic mass is 32.2. The number of ether oxygens (including phenoxy) is 1. The van der Waals surface area contributed by atoms with E-state index in [4.69, 9.17) is 9.15 Å². The summed E-state index contributed by atoms with van der Waals surface area (Å²) in [6, 6.07) is 0. The first-order valence-corrected chi connectivity index (χ1v) is 8.91. The van der Waals surface area contributed by atoms with Gasteiger partial charge in [0.1, 0.15) is 5.25 Å². The lowest BCUT2D eigenvalue weighted by Gasteiger charge is -2.08. The molecule has 1 atom stereocenters. The summed E-state index contributed by atoms with van der Waals surface area (Å²) in [7, 11) is 0. The Morgan fingerprint density at radius 1 is 1.50 bits per heavy atom. The number of aryl methyl sites for hydroxylation is 1. The van der Waals surface area contributed by atoms with Crippen LogP contribution in [-0.2, 0) is 16.0 Å². The number of thioether (sulfide) groups is 1. The van der Waals surface area contributed by atoms with Crippen LogP contribution in [0.15, 0.2) is 15.0 Å². The van der Waals surface area contributed by atoms with Crippen molar-refractivity contribution in [1.82, 2.24) is 15.2 Å². The lowest BCUT2D eigenvalue weighted by molar-refractivity contribution is -0.142. The molecule has 120 valence electrons. The monoisotopic (exact) mass is 341 g/mol. The summed E-state index contributed by atoms with van der Waals surface area (Å²) >= 11 is 2.80. The largest absolute Gasteiger partial charge is 0.465 e. The van der Waals surface area contributed by atoms with Crippen molar-refractivity contribution in [1.29, 1.82) is 0 Å². The number of aromatic nitrogens is 3. The van der Waals surface area contributed by atoms with Crippen molar-refractivity contribution in [3.05, 3.63) is 22.0 Å². The maximum absolute atomic E-state index is 11.8. The van der Waals surface area contributed by atoms with Crippen LogP contribution < -0.4 is 0 Å². The Hall–Kier alpha value is -1.41. The standard InChI is InChI=1S/C14H19N3O3S2/c1-4-5-6-19-13(18)9(2)22-14-17-16-12(20-14)7-11-8-21-10(3)15-11/h8-9H,4-7H2,1-3H3. The van der Waals surface area contributed by atoms with E-state index in [1.807, 2.05) is 12.3 Å². The third-order valence-corrected chi connectivity index (χ3v) is 4.53. The molecular weight excluding hydrogens is 322 g/mol. The Balaban J connectivity index is 1.84. The van der Waals surface area contributed by atoms with E-state index in [0.29, 0.717) is 24.1 Å². The molecule has 0 saturated carbocycles. The second-order valence-electron chi connectivity index (χ2n) is 4.78.